The van der Waals surface area contributed by atoms with Crippen LogP contribution in [0.4, 0.5) is 0 Å². The van der Waals surface area contributed by atoms with Crippen LogP contribution in [0.5, 0.6) is 0 Å². The van der Waals surface area contributed by atoms with Gasteiger partial charge < -0.3 is 4.90 Å². The number of nitriles is 1. The van der Waals surface area contributed by atoms with E-state index in [1.807, 2.05) is 19.1 Å². The highest BCUT2D eigenvalue weighted by Gasteiger charge is 2.31. The monoisotopic (exact) mass is 345 g/mol. The van der Waals surface area contributed by atoms with Gasteiger partial charge in [0.2, 0.25) is 15.9 Å². The topological polar surface area (TPSA) is 81.5 Å². The minimum absolute atomic E-state index is 0.0141. The fourth-order valence-corrected chi connectivity index (χ4v) is 3.99. The first-order valence-corrected chi connectivity index (χ1v) is 9.02. The molecular formula is C17H19N3O3S. The van der Waals surface area contributed by atoms with Crippen LogP contribution in [0.15, 0.2) is 53.5 Å². The average Bonchev–Trinajstić information content (AvgIpc) is 2.62. The lowest BCUT2D eigenvalue weighted by molar-refractivity contribution is -0.127. The number of allylic oxidation sites excluding steroid dienone is 3. The third-order valence-electron chi connectivity index (χ3n) is 3.72. The number of piperazine rings is 1. The Morgan fingerprint density at radius 2 is 1.83 bits per heavy atom. The van der Waals surface area contributed by atoms with E-state index in [4.69, 9.17) is 5.26 Å². The highest BCUT2D eigenvalue weighted by atomic mass is 32.2. The number of carbonyl (C=O) groups is 1. The molecule has 0 radical (unpaired) electrons. The minimum atomic E-state index is -3.73. The summed E-state index contributed by atoms with van der Waals surface area (Å²) in [6.45, 7) is 2.94. The van der Waals surface area contributed by atoms with Gasteiger partial charge >= 0.3 is 0 Å². The molecule has 0 atom stereocenters. The van der Waals surface area contributed by atoms with Crippen molar-refractivity contribution in [2.75, 3.05) is 26.2 Å². The van der Waals surface area contributed by atoms with E-state index < -0.39 is 10.0 Å². The molecule has 0 bridgehead atoms. The second-order valence-corrected chi connectivity index (χ2v) is 7.13. The van der Waals surface area contributed by atoms with E-state index in [2.05, 4.69) is 0 Å². The number of benzene rings is 1. The van der Waals surface area contributed by atoms with Crippen LogP contribution < -0.4 is 0 Å². The van der Waals surface area contributed by atoms with Gasteiger partial charge in [-0.3, -0.25) is 4.79 Å². The summed E-state index contributed by atoms with van der Waals surface area (Å²) < 4.78 is 26.7. The normalized spacial score (nSPS) is 16.6. The molecule has 0 spiro atoms. The van der Waals surface area contributed by atoms with Gasteiger partial charge in [0.25, 0.3) is 0 Å². The molecule has 24 heavy (non-hydrogen) atoms. The first kappa shape index (κ1) is 17.9. The molecule has 1 aliphatic rings. The molecule has 7 heteroatoms. The Morgan fingerprint density at radius 3 is 2.46 bits per heavy atom. The first-order valence-electron chi connectivity index (χ1n) is 7.58. The highest BCUT2D eigenvalue weighted by molar-refractivity contribution is 7.89. The third-order valence-corrected chi connectivity index (χ3v) is 5.67. The predicted molar refractivity (Wildman–Crippen MR) is 90.4 cm³/mol. The van der Waals surface area contributed by atoms with Gasteiger partial charge in [-0.2, -0.15) is 9.57 Å². The molecule has 2 rings (SSSR count). The minimum Gasteiger partial charge on any atom is -0.337 e. The summed E-state index contributed by atoms with van der Waals surface area (Å²) in [7, 11) is -3.73. The molecule has 6 nitrogen and oxygen atoms in total. The quantitative estimate of drug-likeness (QED) is 0.612. The van der Waals surface area contributed by atoms with E-state index in [0.717, 1.165) is 0 Å². The van der Waals surface area contributed by atoms with E-state index in [1.165, 1.54) is 22.5 Å². The maximum Gasteiger partial charge on any atom is 0.246 e. The van der Waals surface area contributed by atoms with Crippen LogP contribution in [0.25, 0.3) is 0 Å². The van der Waals surface area contributed by atoms with Gasteiger partial charge in [0, 0.05) is 32.3 Å². The van der Waals surface area contributed by atoms with Crippen molar-refractivity contribution in [3.05, 3.63) is 54.1 Å². The van der Waals surface area contributed by atoms with Crippen molar-refractivity contribution in [2.45, 2.75) is 11.8 Å². The fraction of sp³-hybridized carbons (Fsp3) is 0.294. The van der Waals surface area contributed by atoms with E-state index in [-0.39, 0.29) is 29.5 Å². The zero-order chi connectivity index (χ0) is 17.6. The van der Waals surface area contributed by atoms with Crippen molar-refractivity contribution < 1.29 is 13.2 Å². The number of hydrogen-bond donors (Lipinski definition) is 0. The Labute approximate surface area is 142 Å². The van der Waals surface area contributed by atoms with Gasteiger partial charge in [-0.05, 0) is 19.1 Å². The molecule has 1 heterocycles. The Morgan fingerprint density at radius 1 is 1.17 bits per heavy atom. The molecule has 1 aromatic rings. The number of nitrogens with zero attached hydrogens (tertiary/aromatic N) is 3. The van der Waals surface area contributed by atoms with Crippen LogP contribution >= 0.6 is 0 Å². The van der Waals surface area contributed by atoms with Crippen molar-refractivity contribution in [1.82, 2.24) is 9.21 Å². The van der Waals surface area contributed by atoms with Crippen molar-refractivity contribution >= 4 is 15.9 Å². The maximum absolute atomic E-state index is 12.7. The highest BCUT2D eigenvalue weighted by Crippen LogP contribution is 2.21. The van der Waals surface area contributed by atoms with Crippen LogP contribution in [0.1, 0.15) is 12.5 Å². The van der Waals surface area contributed by atoms with E-state index in [1.54, 1.807) is 29.2 Å². The maximum atomic E-state index is 12.7. The summed E-state index contributed by atoms with van der Waals surface area (Å²) in [6.07, 6.45) is 6.71. The van der Waals surface area contributed by atoms with Crippen molar-refractivity contribution in [3.63, 3.8) is 0 Å². The first-order chi connectivity index (χ1) is 11.5. The van der Waals surface area contributed by atoms with E-state index >= 15 is 0 Å². The smallest absolute Gasteiger partial charge is 0.246 e. The largest absolute Gasteiger partial charge is 0.337 e. The van der Waals surface area contributed by atoms with Crippen LogP contribution in [0.2, 0.25) is 0 Å². The average molecular weight is 345 g/mol. The molecule has 126 valence electrons. The second kappa shape index (κ2) is 7.90. The van der Waals surface area contributed by atoms with Crippen LogP contribution in [0, 0.1) is 11.3 Å². The molecule has 0 unspecified atom stereocenters. The van der Waals surface area contributed by atoms with Gasteiger partial charge in [0.05, 0.1) is 10.5 Å². The zero-order valence-corrected chi connectivity index (χ0v) is 14.2. The summed E-state index contributed by atoms with van der Waals surface area (Å²) in [6, 6.07) is 8.06. The second-order valence-electron chi connectivity index (χ2n) is 5.22. The van der Waals surface area contributed by atoms with Gasteiger partial charge in [-0.15, -0.1) is 0 Å². The molecule has 1 amide bonds. The lowest BCUT2D eigenvalue weighted by Gasteiger charge is -2.33. The molecule has 0 saturated carbocycles. The summed E-state index contributed by atoms with van der Waals surface area (Å²) in [5, 5.41) is 9.10. The molecule has 1 aliphatic heterocycles. The molecular weight excluding hydrogens is 326 g/mol. The van der Waals surface area contributed by atoms with Crippen LogP contribution in [-0.4, -0.2) is 49.7 Å². The number of rotatable bonds is 4. The molecule has 0 aliphatic carbocycles. The fourth-order valence-electron chi connectivity index (χ4n) is 2.43. The summed E-state index contributed by atoms with van der Waals surface area (Å²) in [5.41, 5.74) is 0.130. The number of carbonyl (C=O) groups excluding carboxylic acids is 1. The van der Waals surface area contributed by atoms with Crippen molar-refractivity contribution in [2.24, 2.45) is 0 Å². The summed E-state index contributed by atoms with van der Waals surface area (Å²) in [4.78, 5) is 13.6. The van der Waals surface area contributed by atoms with Gasteiger partial charge in [0.15, 0.2) is 0 Å². The Balaban J connectivity index is 2.09. The van der Waals surface area contributed by atoms with E-state index in [0.29, 0.717) is 13.1 Å². The predicted octanol–water partition coefficient (Wildman–Crippen LogP) is 1.52. The molecule has 0 N–H and O–H groups in total. The van der Waals surface area contributed by atoms with Crippen LogP contribution in [-0.2, 0) is 14.8 Å². The lowest BCUT2D eigenvalue weighted by Crippen LogP contribution is -2.50. The SMILES string of the molecule is C/C=C/C=C/C(=O)N1CCN(S(=O)(=O)c2ccccc2C#N)CC1. The van der Waals surface area contributed by atoms with Gasteiger partial charge in [-0.25, -0.2) is 8.42 Å². The van der Waals surface area contributed by atoms with Crippen LogP contribution in [0.3, 0.4) is 0 Å². The van der Waals surface area contributed by atoms with Crippen molar-refractivity contribution in [1.29, 1.82) is 5.26 Å². The Hall–Kier alpha value is -2.43. The van der Waals surface area contributed by atoms with Crippen molar-refractivity contribution in [3.8, 4) is 6.07 Å². The number of amides is 1. The van der Waals surface area contributed by atoms with Gasteiger partial charge in [0.1, 0.15) is 6.07 Å². The Bertz CT molecular complexity index is 799. The molecule has 1 saturated heterocycles. The summed E-state index contributed by atoms with van der Waals surface area (Å²) in [5.74, 6) is -0.137. The lowest BCUT2D eigenvalue weighted by atomic mass is 10.2. The standard InChI is InChI=1S/C17H19N3O3S/c1-2-3-4-9-17(21)19-10-12-20(13-11-19)24(22,23)16-8-6-5-7-15(16)14-18/h2-9H,10-13H2,1H3/b3-2+,9-4+. The van der Waals surface area contributed by atoms with E-state index in [9.17, 15) is 13.2 Å². The third kappa shape index (κ3) is 3.91. The Kier molecular flexibility index (Phi) is 5.90. The zero-order valence-electron chi connectivity index (χ0n) is 13.4. The molecule has 1 fully saturated rings. The number of sulfonamides is 1. The summed E-state index contributed by atoms with van der Waals surface area (Å²) >= 11 is 0. The number of hydrogen-bond acceptors (Lipinski definition) is 4. The van der Waals surface area contributed by atoms with Gasteiger partial charge in [-0.1, -0.05) is 30.4 Å². The molecule has 0 aromatic heterocycles. The molecule has 1 aromatic carbocycles.